The summed E-state index contributed by atoms with van der Waals surface area (Å²) >= 11 is 0. The van der Waals surface area contributed by atoms with E-state index in [9.17, 15) is 17.6 Å². The van der Waals surface area contributed by atoms with Crippen molar-refractivity contribution in [2.45, 2.75) is 37.0 Å². The molecule has 7 heteroatoms. The van der Waals surface area contributed by atoms with Gasteiger partial charge in [-0.15, -0.1) is 0 Å². The molecule has 0 saturated carbocycles. The summed E-state index contributed by atoms with van der Waals surface area (Å²) in [5.74, 6) is -1.36. The van der Waals surface area contributed by atoms with Crippen LogP contribution >= 0.6 is 0 Å². The maximum atomic E-state index is 13.9. The molecule has 2 aromatic rings. The predicted octanol–water partition coefficient (Wildman–Crippen LogP) is 3.85. The van der Waals surface area contributed by atoms with Crippen LogP contribution < -0.4 is 4.72 Å². The number of hydrogen-bond donors (Lipinski definition) is 1. The van der Waals surface area contributed by atoms with Crippen LogP contribution in [0.3, 0.4) is 0 Å². The summed E-state index contributed by atoms with van der Waals surface area (Å²) in [5, 5.41) is 0. The number of nitrogens with one attached hydrogen (secondary N) is 1. The molecule has 0 heterocycles. The van der Waals surface area contributed by atoms with Gasteiger partial charge in [0.1, 0.15) is 10.7 Å². The summed E-state index contributed by atoms with van der Waals surface area (Å²) in [6.07, 6.45) is 2.74. The summed E-state index contributed by atoms with van der Waals surface area (Å²) < 4.78 is 46.5. The molecule has 0 fully saturated rings. The molecule has 3 rings (SSSR count). The highest BCUT2D eigenvalue weighted by Gasteiger charge is 2.29. The zero-order valence-electron chi connectivity index (χ0n) is 14.6. The molecular formula is C19H20FNO4S. The molecule has 0 bridgehead atoms. The number of ether oxygens (including phenoxy) is 1. The minimum absolute atomic E-state index is 0.103. The average Bonchev–Trinajstić information content (AvgIpc) is 2.61. The molecule has 0 aliphatic heterocycles. The monoisotopic (exact) mass is 377 g/mol. The van der Waals surface area contributed by atoms with Gasteiger partial charge in [-0.3, -0.25) is 4.72 Å². The van der Waals surface area contributed by atoms with Crippen LogP contribution in [-0.2, 0) is 21.2 Å². The lowest BCUT2D eigenvalue weighted by Crippen LogP contribution is -2.21. The molecule has 2 aromatic carbocycles. The Kier molecular flexibility index (Phi) is 5.00. The van der Waals surface area contributed by atoms with Gasteiger partial charge < -0.3 is 4.74 Å². The third-order valence-electron chi connectivity index (χ3n) is 4.67. The summed E-state index contributed by atoms with van der Waals surface area (Å²) in [6, 6.07) is 8.46. The highest BCUT2D eigenvalue weighted by molar-refractivity contribution is 7.92. The molecule has 0 aromatic heterocycles. The lowest BCUT2D eigenvalue weighted by molar-refractivity contribution is 0.0599. The van der Waals surface area contributed by atoms with E-state index >= 15 is 0 Å². The fourth-order valence-corrected chi connectivity index (χ4v) is 4.61. The van der Waals surface area contributed by atoms with E-state index in [2.05, 4.69) is 4.72 Å². The second kappa shape index (κ2) is 7.07. The van der Waals surface area contributed by atoms with Crippen molar-refractivity contribution in [2.24, 2.45) is 0 Å². The number of aryl methyl sites for hydroxylation is 1. The van der Waals surface area contributed by atoms with Gasteiger partial charge in [0.2, 0.25) is 0 Å². The second-order valence-corrected chi connectivity index (χ2v) is 8.03. The van der Waals surface area contributed by atoms with Gasteiger partial charge in [-0.05, 0) is 54.5 Å². The van der Waals surface area contributed by atoms with E-state index in [0.717, 1.165) is 36.5 Å². The van der Waals surface area contributed by atoms with Crippen LogP contribution in [0.15, 0.2) is 41.3 Å². The number of hydrogen-bond acceptors (Lipinski definition) is 4. The van der Waals surface area contributed by atoms with Gasteiger partial charge in [0.05, 0.1) is 18.4 Å². The van der Waals surface area contributed by atoms with Crippen molar-refractivity contribution in [2.75, 3.05) is 11.8 Å². The molecule has 0 radical (unpaired) electrons. The van der Waals surface area contributed by atoms with E-state index in [-0.39, 0.29) is 17.2 Å². The molecule has 26 heavy (non-hydrogen) atoms. The van der Waals surface area contributed by atoms with Crippen molar-refractivity contribution < 1.29 is 22.3 Å². The second-order valence-electron chi connectivity index (χ2n) is 6.38. The van der Waals surface area contributed by atoms with Crippen LogP contribution in [0.1, 0.15) is 47.2 Å². The Morgan fingerprint density at radius 1 is 1.23 bits per heavy atom. The number of carbonyl (C=O) groups is 1. The molecular weight excluding hydrogens is 357 g/mol. The van der Waals surface area contributed by atoms with Crippen molar-refractivity contribution in [3.8, 4) is 0 Å². The average molecular weight is 377 g/mol. The smallest absolute Gasteiger partial charge is 0.340 e. The SMILES string of the molecule is COC(=O)c1c(NS(=O)(=O)c2ccccc2F)ccc2c1C(C)CCC2. The fourth-order valence-electron chi connectivity index (χ4n) is 3.46. The number of esters is 1. The van der Waals surface area contributed by atoms with E-state index in [4.69, 9.17) is 4.74 Å². The molecule has 138 valence electrons. The molecule has 1 N–H and O–H groups in total. The van der Waals surface area contributed by atoms with Crippen molar-refractivity contribution in [1.82, 2.24) is 0 Å². The Hall–Kier alpha value is -2.41. The number of halogens is 1. The molecule has 5 nitrogen and oxygen atoms in total. The minimum Gasteiger partial charge on any atom is -0.465 e. The van der Waals surface area contributed by atoms with E-state index in [1.807, 2.05) is 13.0 Å². The van der Waals surface area contributed by atoms with E-state index in [1.165, 1.54) is 25.3 Å². The summed E-state index contributed by atoms with van der Waals surface area (Å²) in [4.78, 5) is 11.9. The number of sulfonamides is 1. The van der Waals surface area contributed by atoms with Gasteiger partial charge in [-0.2, -0.15) is 0 Å². The Bertz CT molecular complexity index is 956. The third-order valence-corrected chi connectivity index (χ3v) is 6.07. The van der Waals surface area contributed by atoms with Gasteiger partial charge in [-0.25, -0.2) is 17.6 Å². The standard InChI is InChI=1S/C19H20FNO4S/c1-12-6-5-7-13-10-11-15(18(17(12)13)19(22)25-2)21-26(23,24)16-9-4-3-8-14(16)20/h3-4,8-12,21H,5-7H2,1-2H3. The predicted molar refractivity (Wildman–Crippen MR) is 96.3 cm³/mol. The lowest BCUT2D eigenvalue weighted by atomic mass is 9.80. The third kappa shape index (κ3) is 3.31. The number of anilines is 1. The summed E-state index contributed by atoms with van der Waals surface area (Å²) in [6.45, 7) is 2.00. The normalized spacial score (nSPS) is 16.7. The topological polar surface area (TPSA) is 72.5 Å². The van der Waals surface area contributed by atoms with Gasteiger partial charge in [-0.1, -0.05) is 25.1 Å². The van der Waals surface area contributed by atoms with Crippen LogP contribution in [0.5, 0.6) is 0 Å². The molecule has 1 aliphatic rings. The van der Waals surface area contributed by atoms with Gasteiger partial charge in [0, 0.05) is 0 Å². The maximum Gasteiger partial charge on any atom is 0.340 e. The van der Waals surface area contributed by atoms with Gasteiger partial charge in [0.15, 0.2) is 0 Å². The minimum atomic E-state index is -4.19. The number of benzene rings is 2. The zero-order chi connectivity index (χ0) is 18.9. The summed E-state index contributed by atoms with van der Waals surface area (Å²) in [7, 11) is -2.93. The first-order valence-electron chi connectivity index (χ1n) is 8.36. The highest BCUT2D eigenvalue weighted by atomic mass is 32.2. The molecule has 1 aliphatic carbocycles. The first-order valence-corrected chi connectivity index (χ1v) is 9.85. The Balaban J connectivity index is 2.12. The number of fused-ring (bicyclic) bond motifs is 1. The first kappa shape index (κ1) is 18.4. The van der Waals surface area contributed by atoms with Crippen LogP contribution in [0, 0.1) is 5.82 Å². The quantitative estimate of drug-likeness (QED) is 0.822. The fraction of sp³-hybridized carbons (Fsp3) is 0.316. The molecule has 1 unspecified atom stereocenters. The van der Waals surface area contributed by atoms with E-state index in [1.54, 1.807) is 6.07 Å². The highest BCUT2D eigenvalue weighted by Crippen LogP contribution is 2.38. The molecule has 0 amide bonds. The molecule has 0 spiro atoms. The van der Waals surface area contributed by atoms with Crippen LogP contribution in [0.25, 0.3) is 0 Å². The Labute approximate surface area is 152 Å². The number of rotatable bonds is 4. The van der Waals surface area contributed by atoms with Gasteiger partial charge in [0.25, 0.3) is 10.0 Å². The maximum absolute atomic E-state index is 13.9. The van der Waals surface area contributed by atoms with Crippen molar-refractivity contribution >= 4 is 21.7 Å². The van der Waals surface area contributed by atoms with Crippen LogP contribution in [-0.4, -0.2) is 21.5 Å². The lowest BCUT2D eigenvalue weighted by Gasteiger charge is -2.26. The number of carbonyl (C=O) groups excluding carboxylic acids is 1. The van der Waals surface area contributed by atoms with Crippen LogP contribution in [0.4, 0.5) is 10.1 Å². The van der Waals surface area contributed by atoms with E-state index in [0.29, 0.717) is 0 Å². The van der Waals surface area contributed by atoms with Crippen molar-refractivity contribution in [3.63, 3.8) is 0 Å². The van der Waals surface area contributed by atoms with Crippen molar-refractivity contribution in [3.05, 3.63) is 58.9 Å². The number of methoxy groups -OCH3 is 1. The summed E-state index contributed by atoms with van der Waals surface area (Å²) in [5.41, 5.74) is 2.12. The van der Waals surface area contributed by atoms with Crippen molar-refractivity contribution in [1.29, 1.82) is 0 Å². The molecule has 1 atom stereocenters. The van der Waals surface area contributed by atoms with Crippen LogP contribution in [0.2, 0.25) is 0 Å². The first-order chi connectivity index (χ1) is 12.3. The Morgan fingerprint density at radius 2 is 1.96 bits per heavy atom. The van der Waals surface area contributed by atoms with Gasteiger partial charge >= 0.3 is 5.97 Å². The Morgan fingerprint density at radius 3 is 2.65 bits per heavy atom. The van der Waals surface area contributed by atoms with E-state index < -0.39 is 26.7 Å². The zero-order valence-corrected chi connectivity index (χ0v) is 15.4. The molecule has 0 saturated heterocycles. The largest absolute Gasteiger partial charge is 0.465 e.